The van der Waals surface area contributed by atoms with Crippen molar-refractivity contribution in [2.45, 2.75) is 33.2 Å². The lowest BCUT2D eigenvalue weighted by Crippen LogP contribution is -2.32. The van der Waals surface area contributed by atoms with Gasteiger partial charge < -0.3 is 14.7 Å². The van der Waals surface area contributed by atoms with Gasteiger partial charge in [-0.15, -0.1) is 5.10 Å². The molecule has 3 heterocycles. The summed E-state index contributed by atoms with van der Waals surface area (Å²) in [6.07, 6.45) is 5.07. The van der Waals surface area contributed by atoms with Crippen molar-refractivity contribution in [3.63, 3.8) is 0 Å². The number of aromatic amines is 1. The van der Waals surface area contributed by atoms with Gasteiger partial charge in [-0.3, -0.25) is 9.48 Å². The van der Waals surface area contributed by atoms with E-state index in [1.807, 2.05) is 31.3 Å². The fourth-order valence-electron chi connectivity index (χ4n) is 3.54. The van der Waals surface area contributed by atoms with Crippen molar-refractivity contribution < 1.29 is 9.21 Å². The number of carbonyl (C=O) groups excluding carboxylic acids is 1. The predicted molar refractivity (Wildman–Crippen MR) is 113 cm³/mol. The number of hydrogen-bond acceptors (Lipinski definition) is 5. The average molecular weight is 405 g/mol. The monoisotopic (exact) mass is 405 g/mol. The van der Waals surface area contributed by atoms with Crippen LogP contribution in [0, 0.1) is 13.8 Å². The number of nitrogens with one attached hydrogen (secondary N) is 2. The van der Waals surface area contributed by atoms with Gasteiger partial charge in [0.05, 0.1) is 12.2 Å². The molecule has 0 aliphatic carbocycles. The number of benzene rings is 1. The summed E-state index contributed by atoms with van der Waals surface area (Å²) in [5, 5.41) is 11.7. The Morgan fingerprint density at radius 3 is 2.83 bits per heavy atom. The van der Waals surface area contributed by atoms with E-state index in [1.165, 1.54) is 0 Å². The van der Waals surface area contributed by atoms with E-state index in [0.29, 0.717) is 30.8 Å². The minimum Gasteiger partial charge on any atom is -0.427 e. The smallest absolute Gasteiger partial charge is 0.349 e. The molecule has 1 aromatic carbocycles. The minimum atomic E-state index is -0.613. The number of nitrogens with zero attached hydrogens (tertiary/aromatic N) is 3. The van der Waals surface area contributed by atoms with Crippen LogP contribution in [0.4, 0.5) is 0 Å². The molecular formula is C22H23N5O3. The molecule has 0 bridgehead atoms. The molecule has 0 aliphatic heterocycles. The zero-order valence-electron chi connectivity index (χ0n) is 16.9. The lowest BCUT2D eigenvalue weighted by molar-refractivity contribution is 0.0946. The molecule has 30 heavy (non-hydrogen) atoms. The van der Waals surface area contributed by atoms with Crippen molar-refractivity contribution in [3.8, 4) is 0 Å². The van der Waals surface area contributed by atoms with Crippen molar-refractivity contribution >= 4 is 16.8 Å². The Kier molecular flexibility index (Phi) is 5.47. The highest BCUT2D eigenvalue weighted by molar-refractivity contribution is 5.95. The third kappa shape index (κ3) is 4.17. The number of aryl methyl sites for hydroxylation is 4. The Bertz CT molecular complexity index is 1250. The van der Waals surface area contributed by atoms with Crippen LogP contribution in [0.5, 0.6) is 0 Å². The molecule has 154 valence electrons. The van der Waals surface area contributed by atoms with Crippen molar-refractivity contribution in [2.24, 2.45) is 0 Å². The highest BCUT2D eigenvalue weighted by Crippen LogP contribution is 2.19. The summed E-state index contributed by atoms with van der Waals surface area (Å²) in [7, 11) is 0. The molecule has 0 saturated carbocycles. The second-order valence-corrected chi connectivity index (χ2v) is 7.30. The van der Waals surface area contributed by atoms with Crippen LogP contribution in [0.25, 0.3) is 10.9 Å². The topological polar surface area (TPSA) is 106 Å². The Morgan fingerprint density at radius 1 is 1.23 bits per heavy atom. The summed E-state index contributed by atoms with van der Waals surface area (Å²) in [6.45, 7) is 4.40. The molecule has 4 rings (SSSR count). The average Bonchev–Trinajstić information content (AvgIpc) is 3.32. The maximum absolute atomic E-state index is 12.5. The molecule has 3 aromatic heterocycles. The number of H-pyrrole nitrogens is 1. The van der Waals surface area contributed by atoms with Gasteiger partial charge in [0, 0.05) is 36.3 Å². The van der Waals surface area contributed by atoms with Gasteiger partial charge in [-0.05, 0) is 43.5 Å². The molecule has 8 heteroatoms. The molecule has 4 aromatic rings. The van der Waals surface area contributed by atoms with E-state index < -0.39 is 11.5 Å². The molecular weight excluding hydrogens is 382 g/mol. The Balaban J connectivity index is 1.41. The molecule has 0 unspecified atom stereocenters. The molecule has 0 fully saturated rings. The Labute approximate surface area is 172 Å². The first-order valence-electron chi connectivity index (χ1n) is 9.85. The maximum atomic E-state index is 12.5. The fourth-order valence-corrected chi connectivity index (χ4v) is 3.54. The number of carbonyl (C=O) groups is 1. The summed E-state index contributed by atoms with van der Waals surface area (Å²) in [4.78, 5) is 28.2. The second kappa shape index (κ2) is 8.36. The van der Waals surface area contributed by atoms with E-state index in [-0.39, 0.29) is 5.56 Å². The second-order valence-electron chi connectivity index (χ2n) is 7.30. The van der Waals surface area contributed by atoms with Gasteiger partial charge in [-0.25, -0.2) is 4.79 Å². The third-order valence-corrected chi connectivity index (χ3v) is 5.02. The van der Waals surface area contributed by atoms with E-state index in [0.717, 1.165) is 28.6 Å². The van der Waals surface area contributed by atoms with E-state index in [1.54, 1.807) is 23.9 Å². The molecule has 0 atom stereocenters. The normalized spacial score (nSPS) is 11.1. The minimum absolute atomic E-state index is 0.0422. The SMILES string of the molecule is Cc1cn(CCNC(=O)c2c(C)cc(CCc3c[nH]c4ccccc34)oc2=O)nn1. The number of rotatable bonds is 7. The van der Waals surface area contributed by atoms with E-state index in [4.69, 9.17) is 4.42 Å². The van der Waals surface area contributed by atoms with Crippen molar-refractivity contribution in [1.82, 2.24) is 25.3 Å². The van der Waals surface area contributed by atoms with Gasteiger partial charge in [0.15, 0.2) is 0 Å². The molecule has 0 saturated heterocycles. The number of fused-ring (bicyclic) bond motifs is 1. The van der Waals surface area contributed by atoms with Gasteiger partial charge in [0.25, 0.3) is 5.91 Å². The molecule has 0 spiro atoms. The van der Waals surface area contributed by atoms with Crippen molar-refractivity contribution in [1.29, 1.82) is 0 Å². The third-order valence-electron chi connectivity index (χ3n) is 5.02. The van der Waals surface area contributed by atoms with Crippen LogP contribution in [-0.4, -0.2) is 32.4 Å². The number of aromatic nitrogens is 4. The van der Waals surface area contributed by atoms with Crippen LogP contribution in [-0.2, 0) is 19.4 Å². The Morgan fingerprint density at radius 2 is 2.07 bits per heavy atom. The van der Waals surface area contributed by atoms with Gasteiger partial charge >= 0.3 is 5.63 Å². The number of hydrogen-bond donors (Lipinski definition) is 2. The van der Waals surface area contributed by atoms with Gasteiger partial charge in [0.2, 0.25) is 0 Å². The van der Waals surface area contributed by atoms with E-state index >= 15 is 0 Å². The van der Waals surface area contributed by atoms with Crippen LogP contribution in [0.2, 0.25) is 0 Å². The quantitative estimate of drug-likeness (QED) is 0.492. The predicted octanol–water partition coefficient (Wildman–Crippen LogP) is 2.54. The van der Waals surface area contributed by atoms with E-state index in [2.05, 4.69) is 26.7 Å². The van der Waals surface area contributed by atoms with Crippen LogP contribution in [0.1, 0.15) is 32.9 Å². The molecule has 1 amide bonds. The van der Waals surface area contributed by atoms with Gasteiger partial charge in [0.1, 0.15) is 11.3 Å². The van der Waals surface area contributed by atoms with Gasteiger partial charge in [-0.1, -0.05) is 23.4 Å². The molecule has 8 nitrogen and oxygen atoms in total. The summed E-state index contributed by atoms with van der Waals surface area (Å²) < 4.78 is 7.07. The summed E-state index contributed by atoms with van der Waals surface area (Å²) in [6, 6.07) is 9.85. The number of para-hydroxylation sites is 1. The van der Waals surface area contributed by atoms with Crippen molar-refractivity contribution in [3.05, 3.63) is 81.3 Å². The standard InChI is InChI=1S/C22H23N5O3/c1-14-11-17(8-7-16-12-24-19-6-4-3-5-18(16)19)30-22(29)20(14)21(28)23-9-10-27-13-15(2)25-26-27/h3-6,11-13,24H,7-10H2,1-2H3,(H,23,28). The largest absolute Gasteiger partial charge is 0.427 e. The summed E-state index contributed by atoms with van der Waals surface area (Å²) in [5.41, 5.74) is 3.09. The first-order chi connectivity index (χ1) is 14.5. The van der Waals surface area contributed by atoms with E-state index in [9.17, 15) is 9.59 Å². The number of amides is 1. The highest BCUT2D eigenvalue weighted by atomic mass is 16.4. The Hall–Kier alpha value is -3.68. The zero-order chi connectivity index (χ0) is 21.1. The highest BCUT2D eigenvalue weighted by Gasteiger charge is 2.17. The van der Waals surface area contributed by atoms with Crippen LogP contribution < -0.4 is 10.9 Å². The maximum Gasteiger partial charge on any atom is 0.349 e. The summed E-state index contributed by atoms with van der Waals surface area (Å²) in [5.74, 6) is 0.124. The van der Waals surface area contributed by atoms with Gasteiger partial charge in [-0.2, -0.15) is 0 Å². The molecule has 0 radical (unpaired) electrons. The van der Waals surface area contributed by atoms with Crippen LogP contribution >= 0.6 is 0 Å². The molecule has 2 N–H and O–H groups in total. The molecule has 0 aliphatic rings. The lowest BCUT2D eigenvalue weighted by Gasteiger charge is -2.08. The zero-order valence-corrected chi connectivity index (χ0v) is 16.9. The van der Waals surface area contributed by atoms with Crippen molar-refractivity contribution in [2.75, 3.05) is 6.54 Å². The van der Waals surface area contributed by atoms with Crippen LogP contribution in [0.3, 0.4) is 0 Å². The first kappa shape index (κ1) is 19.6. The first-order valence-corrected chi connectivity index (χ1v) is 9.85. The van der Waals surface area contributed by atoms with Crippen LogP contribution in [0.15, 0.2) is 51.9 Å². The fraction of sp³-hybridized carbons (Fsp3) is 0.273. The lowest BCUT2D eigenvalue weighted by atomic mass is 10.1. The summed E-state index contributed by atoms with van der Waals surface area (Å²) >= 11 is 0.